The van der Waals surface area contributed by atoms with E-state index in [1.807, 2.05) is 0 Å². The van der Waals surface area contributed by atoms with E-state index in [1.165, 1.54) is 19.3 Å². The van der Waals surface area contributed by atoms with Crippen molar-refractivity contribution in [2.45, 2.75) is 71.1 Å². The van der Waals surface area contributed by atoms with Gasteiger partial charge < -0.3 is 10.4 Å². The van der Waals surface area contributed by atoms with Crippen molar-refractivity contribution in [1.82, 2.24) is 5.32 Å². The van der Waals surface area contributed by atoms with Gasteiger partial charge in [-0.3, -0.25) is 0 Å². The predicted molar refractivity (Wildman–Crippen MR) is 60.3 cm³/mol. The van der Waals surface area contributed by atoms with Gasteiger partial charge in [0, 0.05) is 12.1 Å². The van der Waals surface area contributed by atoms with Crippen LogP contribution in [-0.4, -0.2) is 23.3 Å². The van der Waals surface area contributed by atoms with E-state index in [9.17, 15) is 5.11 Å². The van der Waals surface area contributed by atoms with E-state index in [0.29, 0.717) is 12.1 Å². The van der Waals surface area contributed by atoms with Crippen molar-refractivity contribution in [3.63, 3.8) is 0 Å². The first-order valence-electron chi connectivity index (χ1n) is 6.03. The number of aliphatic hydroxyl groups excluding tert-OH is 1. The van der Waals surface area contributed by atoms with Crippen LogP contribution in [0.4, 0.5) is 0 Å². The smallest absolute Gasteiger partial charge is 0.0693 e. The fourth-order valence-electron chi connectivity index (χ4n) is 2.17. The lowest BCUT2D eigenvalue weighted by atomic mass is 10.0. The van der Waals surface area contributed by atoms with Crippen molar-refractivity contribution in [1.29, 1.82) is 0 Å². The first-order valence-corrected chi connectivity index (χ1v) is 6.03. The summed E-state index contributed by atoms with van der Waals surface area (Å²) in [6.07, 6.45) is 5.70. The topological polar surface area (TPSA) is 32.3 Å². The van der Waals surface area contributed by atoms with Gasteiger partial charge in [-0.25, -0.2) is 0 Å². The van der Waals surface area contributed by atoms with Crippen LogP contribution in [0.2, 0.25) is 0 Å². The Kier molecular flexibility index (Phi) is 4.90. The van der Waals surface area contributed by atoms with Crippen molar-refractivity contribution in [2.75, 3.05) is 0 Å². The van der Waals surface area contributed by atoms with E-state index < -0.39 is 0 Å². The van der Waals surface area contributed by atoms with Crippen molar-refractivity contribution >= 4 is 0 Å². The Hall–Kier alpha value is -0.0800. The van der Waals surface area contributed by atoms with E-state index >= 15 is 0 Å². The Morgan fingerprint density at radius 1 is 1.21 bits per heavy atom. The van der Waals surface area contributed by atoms with Crippen LogP contribution >= 0.6 is 0 Å². The van der Waals surface area contributed by atoms with Crippen LogP contribution in [0.15, 0.2) is 0 Å². The number of hydrogen-bond acceptors (Lipinski definition) is 2. The SMILES string of the molecule is CC(C)CCC(C)N[C@H]1CCC[C@@H]1O. The molecular formula is C12H25NO. The zero-order valence-electron chi connectivity index (χ0n) is 9.79. The quantitative estimate of drug-likeness (QED) is 0.712. The van der Waals surface area contributed by atoms with Gasteiger partial charge in [0.1, 0.15) is 0 Å². The first kappa shape index (κ1) is 12.0. The number of rotatable bonds is 5. The Morgan fingerprint density at radius 2 is 1.93 bits per heavy atom. The lowest BCUT2D eigenvalue weighted by Gasteiger charge is -2.22. The molecule has 0 radical (unpaired) electrons. The van der Waals surface area contributed by atoms with E-state index in [4.69, 9.17) is 0 Å². The van der Waals surface area contributed by atoms with Crippen LogP contribution in [-0.2, 0) is 0 Å². The molecule has 1 saturated carbocycles. The standard InChI is InChI=1S/C12H25NO/c1-9(2)7-8-10(3)13-11-5-4-6-12(11)14/h9-14H,4-8H2,1-3H3/t10?,11-,12-/m0/s1. The highest BCUT2D eigenvalue weighted by molar-refractivity contribution is 4.84. The third-order valence-corrected chi connectivity index (χ3v) is 3.16. The molecule has 0 bridgehead atoms. The van der Waals surface area contributed by atoms with Crippen molar-refractivity contribution < 1.29 is 5.11 Å². The molecule has 84 valence electrons. The summed E-state index contributed by atoms with van der Waals surface area (Å²) in [5.74, 6) is 0.785. The molecular weight excluding hydrogens is 174 g/mol. The molecule has 1 fully saturated rings. The van der Waals surface area contributed by atoms with Crippen LogP contribution < -0.4 is 5.32 Å². The van der Waals surface area contributed by atoms with E-state index in [0.717, 1.165) is 18.8 Å². The summed E-state index contributed by atoms with van der Waals surface area (Å²) in [6, 6.07) is 0.910. The fraction of sp³-hybridized carbons (Fsp3) is 1.00. The minimum Gasteiger partial charge on any atom is -0.392 e. The van der Waals surface area contributed by atoms with Crippen LogP contribution in [0, 0.1) is 5.92 Å². The molecule has 1 aliphatic carbocycles. The molecule has 0 aromatic rings. The lowest BCUT2D eigenvalue weighted by Crippen LogP contribution is -2.41. The van der Waals surface area contributed by atoms with Gasteiger partial charge in [0.2, 0.25) is 0 Å². The van der Waals surface area contributed by atoms with E-state index in [2.05, 4.69) is 26.1 Å². The van der Waals surface area contributed by atoms with Crippen LogP contribution in [0.5, 0.6) is 0 Å². The molecule has 0 aromatic heterocycles. The normalized spacial score (nSPS) is 29.8. The highest BCUT2D eigenvalue weighted by Gasteiger charge is 2.25. The van der Waals surface area contributed by atoms with Gasteiger partial charge in [-0.2, -0.15) is 0 Å². The lowest BCUT2D eigenvalue weighted by molar-refractivity contribution is 0.142. The molecule has 0 aliphatic heterocycles. The maximum atomic E-state index is 9.65. The summed E-state index contributed by atoms with van der Waals surface area (Å²) >= 11 is 0. The Balaban J connectivity index is 2.16. The molecule has 0 amide bonds. The Labute approximate surface area is 88.1 Å². The average Bonchev–Trinajstić information content (AvgIpc) is 2.49. The van der Waals surface area contributed by atoms with Gasteiger partial charge in [0.15, 0.2) is 0 Å². The fourth-order valence-corrected chi connectivity index (χ4v) is 2.17. The molecule has 0 aromatic carbocycles. The van der Waals surface area contributed by atoms with Gasteiger partial charge in [-0.1, -0.05) is 13.8 Å². The predicted octanol–water partition coefficient (Wildman–Crippen LogP) is 2.31. The van der Waals surface area contributed by atoms with Crippen LogP contribution in [0.1, 0.15) is 52.9 Å². The van der Waals surface area contributed by atoms with Gasteiger partial charge in [-0.15, -0.1) is 0 Å². The molecule has 2 nitrogen and oxygen atoms in total. The van der Waals surface area contributed by atoms with Crippen LogP contribution in [0.3, 0.4) is 0 Å². The molecule has 1 unspecified atom stereocenters. The number of aliphatic hydroxyl groups is 1. The molecule has 0 heterocycles. The second-order valence-corrected chi connectivity index (χ2v) is 5.14. The van der Waals surface area contributed by atoms with Crippen molar-refractivity contribution in [3.05, 3.63) is 0 Å². The number of nitrogens with one attached hydrogen (secondary N) is 1. The summed E-state index contributed by atoms with van der Waals surface area (Å²) in [5.41, 5.74) is 0. The van der Waals surface area contributed by atoms with Gasteiger partial charge >= 0.3 is 0 Å². The molecule has 1 rings (SSSR count). The highest BCUT2D eigenvalue weighted by Crippen LogP contribution is 2.20. The highest BCUT2D eigenvalue weighted by atomic mass is 16.3. The molecule has 2 N–H and O–H groups in total. The largest absolute Gasteiger partial charge is 0.392 e. The van der Waals surface area contributed by atoms with E-state index in [-0.39, 0.29) is 6.10 Å². The maximum Gasteiger partial charge on any atom is 0.0693 e. The second-order valence-electron chi connectivity index (χ2n) is 5.14. The minimum absolute atomic E-state index is 0.100. The van der Waals surface area contributed by atoms with Gasteiger partial charge in [-0.05, 0) is 44.9 Å². The van der Waals surface area contributed by atoms with E-state index in [1.54, 1.807) is 0 Å². The Morgan fingerprint density at radius 3 is 2.43 bits per heavy atom. The Bertz CT molecular complexity index is 158. The number of hydrogen-bond donors (Lipinski definition) is 2. The molecule has 0 spiro atoms. The average molecular weight is 199 g/mol. The maximum absolute atomic E-state index is 9.65. The molecule has 3 atom stereocenters. The monoisotopic (exact) mass is 199 g/mol. The summed E-state index contributed by atoms with van der Waals surface area (Å²) < 4.78 is 0. The van der Waals surface area contributed by atoms with Crippen molar-refractivity contribution in [2.24, 2.45) is 5.92 Å². The molecule has 1 aliphatic rings. The molecule has 14 heavy (non-hydrogen) atoms. The summed E-state index contributed by atoms with van der Waals surface area (Å²) in [7, 11) is 0. The summed E-state index contributed by atoms with van der Waals surface area (Å²) in [4.78, 5) is 0. The molecule has 0 saturated heterocycles. The third kappa shape index (κ3) is 3.97. The van der Waals surface area contributed by atoms with Crippen LogP contribution in [0.25, 0.3) is 0 Å². The third-order valence-electron chi connectivity index (χ3n) is 3.16. The minimum atomic E-state index is -0.100. The molecule has 2 heteroatoms. The second kappa shape index (κ2) is 5.72. The summed E-state index contributed by atoms with van der Waals surface area (Å²) in [5, 5.41) is 13.2. The zero-order valence-corrected chi connectivity index (χ0v) is 9.79. The van der Waals surface area contributed by atoms with Gasteiger partial charge in [0.25, 0.3) is 0 Å². The zero-order chi connectivity index (χ0) is 10.6. The van der Waals surface area contributed by atoms with Crippen molar-refractivity contribution in [3.8, 4) is 0 Å². The summed E-state index contributed by atoms with van der Waals surface area (Å²) in [6.45, 7) is 6.75. The first-order chi connectivity index (χ1) is 6.59. The van der Waals surface area contributed by atoms with Gasteiger partial charge in [0.05, 0.1) is 6.10 Å².